The van der Waals surface area contributed by atoms with Crippen LogP contribution in [-0.2, 0) is 0 Å². The Hall–Kier alpha value is -1.48. The minimum absolute atomic E-state index is 0.251. The number of ether oxygens (including phenoxy) is 2. The normalized spacial score (nSPS) is 12.0. The number of rotatable bonds is 7. The molecule has 0 aliphatic heterocycles. The summed E-state index contributed by atoms with van der Waals surface area (Å²) >= 11 is 0. The molecular formula is C15H23NO2. The SMILES string of the molecule is C=C(C)COc1cc(OC)ccc1C(C)NCC. The summed E-state index contributed by atoms with van der Waals surface area (Å²) in [6.07, 6.45) is 0. The summed E-state index contributed by atoms with van der Waals surface area (Å²) in [7, 11) is 1.66. The first-order valence-corrected chi connectivity index (χ1v) is 6.27. The molecule has 1 aromatic rings. The van der Waals surface area contributed by atoms with Crippen LogP contribution in [0.5, 0.6) is 11.5 Å². The van der Waals surface area contributed by atoms with Gasteiger partial charge in [-0.2, -0.15) is 0 Å². The van der Waals surface area contributed by atoms with E-state index in [-0.39, 0.29) is 6.04 Å². The quantitative estimate of drug-likeness (QED) is 0.752. The van der Waals surface area contributed by atoms with Crippen LogP contribution in [0.1, 0.15) is 32.4 Å². The number of methoxy groups -OCH3 is 1. The maximum absolute atomic E-state index is 5.79. The summed E-state index contributed by atoms with van der Waals surface area (Å²) in [5.41, 5.74) is 2.14. The Morgan fingerprint density at radius 2 is 2.17 bits per heavy atom. The van der Waals surface area contributed by atoms with E-state index in [1.807, 2.05) is 25.1 Å². The summed E-state index contributed by atoms with van der Waals surface area (Å²) in [5.74, 6) is 1.66. The molecule has 0 spiro atoms. The molecule has 1 unspecified atom stereocenters. The Bertz CT molecular complexity index is 401. The van der Waals surface area contributed by atoms with Crippen molar-refractivity contribution in [2.24, 2.45) is 0 Å². The molecule has 18 heavy (non-hydrogen) atoms. The van der Waals surface area contributed by atoms with Gasteiger partial charge in [0.15, 0.2) is 0 Å². The molecule has 0 amide bonds. The van der Waals surface area contributed by atoms with Gasteiger partial charge in [-0.3, -0.25) is 0 Å². The largest absolute Gasteiger partial charge is 0.497 e. The molecule has 0 aromatic heterocycles. The first kappa shape index (κ1) is 14.6. The minimum Gasteiger partial charge on any atom is -0.497 e. The monoisotopic (exact) mass is 249 g/mol. The molecule has 3 nitrogen and oxygen atoms in total. The van der Waals surface area contributed by atoms with Gasteiger partial charge in [-0.15, -0.1) is 0 Å². The highest BCUT2D eigenvalue weighted by atomic mass is 16.5. The van der Waals surface area contributed by atoms with Gasteiger partial charge < -0.3 is 14.8 Å². The second kappa shape index (κ2) is 7.07. The van der Waals surface area contributed by atoms with Gasteiger partial charge in [-0.05, 0) is 32.0 Å². The van der Waals surface area contributed by atoms with Crippen LogP contribution in [0.2, 0.25) is 0 Å². The van der Waals surface area contributed by atoms with Crippen molar-refractivity contribution < 1.29 is 9.47 Å². The summed E-state index contributed by atoms with van der Waals surface area (Å²) in [6.45, 7) is 11.5. The standard InChI is InChI=1S/C15H23NO2/c1-6-16-12(4)14-8-7-13(17-5)9-15(14)18-10-11(2)3/h7-9,12,16H,2,6,10H2,1,3-5H3. The van der Waals surface area contributed by atoms with E-state index < -0.39 is 0 Å². The molecule has 0 fully saturated rings. The minimum atomic E-state index is 0.251. The smallest absolute Gasteiger partial charge is 0.128 e. The van der Waals surface area contributed by atoms with E-state index in [1.54, 1.807) is 7.11 Å². The summed E-state index contributed by atoms with van der Waals surface area (Å²) in [5, 5.41) is 3.38. The van der Waals surface area contributed by atoms with Gasteiger partial charge in [0.2, 0.25) is 0 Å². The van der Waals surface area contributed by atoms with E-state index >= 15 is 0 Å². The van der Waals surface area contributed by atoms with E-state index in [4.69, 9.17) is 9.47 Å². The van der Waals surface area contributed by atoms with Gasteiger partial charge in [-0.25, -0.2) is 0 Å². The first-order chi connectivity index (χ1) is 8.58. The van der Waals surface area contributed by atoms with Crippen LogP contribution in [-0.4, -0.2) is 20.3 Å². The van der Waals surface area contributed by atoms with Gasteiger partial charge in [0.1, 0.15) is 18.1 Å². The molecule has 1 atom stereocenters. The second-order valence-electron chi connectivity index (χ2n) is 4.43. The zero-order valence-corrected chi connectivity index (χ0v) is 11.7. The Labute approximate surface area is 110 Å². The molecular weight excluding hydrogens is 226 g/mol. The summed E-state index contributed by atoms with van der Waals surface area (Å²) < 4.78 is 11.0. The van der Waals surface area contributed by atoms with Crippen LogP contribution in [0, 0.1) is 0 Å². The van der Waals surface area contributed by atoms with Crippen molar-refractivity contribution in [1.82, 2.24) is 5.32 Å². The molecule has 0 heterocycles. The van der Waals surface area contributed by atoms with Gasteiger partial charge >= 0.3 is 0 Å². The van der Waals surface area contributed by atoms with Crippen LogP contribution in [0.4, 0.5) is 0 Å². The average Bonchev–Trinajstić information content (AvgIpc) is 2.36. The lowest BCUT2D eigenvalue weighted by atomic mass is 10.1. The third-order valence-corrected chi connectivity index (χ3v) is 2.67. The maximum Gasteiger partial charge on any atom is 0.128 e. The fourth-order valence-electron chi connectivity index (χ4n) is 1.74. The first-order valence-electron chi connectivity index (χ1n) is 6.27. The topological polar surface area (TPSA) is 30.5 Å². The summed E-state index contributed by atoms with van der Waals surface area (Å²) in [4.78, 5) is 0. The average molecular weight is 249 g/mol. The zero-order chi connectivity index (χ0) is 13.5. The van der Waals surface area contributed by atoms with Gasteiger partial charge in [0.25, 0.3) is 0 Å². The van der Waals surface area contributed by atoms with E-state index in [1.165, 1.54) is 0 Å². The van der Waals surface area contributed by atoms with E-state index in [2.05, 4.69) is 25.7 Å². The number of hydrogen-bond donors (Lipinski definition) is 1. The molecule has 3 heteroatoms. The van der Waals surface area contributed by atoms with E-state index in [0.29, 0.717) is 6.61 Å². The van der Waals surface area contributed by atoms with Crippen molar-refractivity contribution in [3.05, 3.63) is 35.9 Å². The van der Waals surface area contributed by atoms with E-state index in [9.17, 15) is 0 Å². The van der Waals surface area contributed by atoms with Crippen molar-refractivity contribution in [3.63, 3.8) is 0 Å². The molecule has 1 N–H and O–H groups in total. The van der Waals surface area contributed by atoms with Crippen molar-refractivity contribution in [1.29, 1.82) is 0 Å². The highest BCUT2D eigenvalue weighted by molar-refractivity contribution is 5.42. The Morgan fingerprint density at radius 1 is 1.44 bits per heavy atom. The Balaban J connectivity index is 2.95. The van der Waals surface area contributed by atoms with Crippen LogP contribution in [0.25, 0.3) is 0 Å². The van der Waals surface area contributed by atoms with Crippen molar-refractivity contribution in [3.8, 4) is 11.5 Å². The highest BCUT2D eigenvalue weighted by Crippen LogP contribution is 2.29. The summed E-state index contributed by atoms with van der Waals surface area (Å²) in [6, 6.07) is 6.17. The van der Waals surface area contributed by atoms with Crippen LogP contribution in [0.15, 0.2) is 30.4 Å². The predicted molar refractivity (Wildman–Crippen MR) is 75.4 cm³/mol. The lowest BCUT2D eigenvalue weighted by molar-refractivity contribution is 0.339. The molecule has 0 radical (unpaired) electrons. The van der Waals surface area contributed by atoms with Crippen LogP contribution in [0.3, 0.4) is 0 Å². The third-order valence-electron chi connectivity index (χ3n) is 2.67. The molecule has 0 aliphatic rings. The van der Waals surface area contributed by atoms with E-state index in [0.717, 1.165) is 29.2 Å². The molecule has 0 aliphatic carbocycles. The predicted octanol–water partition coefficient (Wildman–Crippen LogP) is 3.32. The number of benzene rings is 1. The van der Waals surface area contributed by atoms with Crippen molar-refractivity contribution in [2.75, 3.05) is 20.3 Å². The lowest BCUT2D eigenvalue weighted by Crippen LogP contribution is -2.18. The molecule has 1 rings (SSSR count). The lowest BCUT2D eigenvalue weighted by Gasteiger charge is -2.18. The van der Waals surface area contributed by atoms with Gasteiger partial charge in [-0.1, -0.05) is 19.6 Å². The molecule has 100 valence electrons. The fraction of sp³-hybridized carbons (Fsp3) is 0.467. The van der Waals surface area contributed by atoms with Crippen LogP contribution >= 0.6 is 0 Å². The molecule has 1 aromatic carbocycles. The van der Waals surface area contributed by atoms with Crippen molar-refractivity contribution >= 4 is 0 Å². The maximum atomic E-state index is 5.79. The van der Waals surface area contributed by atoms with Gasteiger partial charge in [0, 0.05) is 17.7 Å². The Kier molecular flexibility index (Phi) is 5.72. The van der Waals surface area contributed by atoms with Crippen molar-refractivity contribution in [2.45, 2.75) is 26.8 Å². The fourth-order valence-corrected chi connectivity index (χ4v) is 1.74. The zero-order valence-electron chi connectivity index (χ0n) is 11.7. The number of nitrogens with one attached hydrogen (secondary N) is 1. The molecule has 0 saturated carbocycles. The van der Waals surface area contributed by atoms with Gasteiger partial charge in [0.05, 0.1) is 7.11 Å². The number of hydrogen-bond acceptors (Lipinski definition) is 3. The highest BCUT2D eigenvalue weighted by Gasteiger charge is 2.12. The third kappa shape index (κ3) is 4.08. The Morgan fingerprint density at radius 3 is 2.72 bits per heavy atom. The van der Waals surface area contributed by atoms with Crippen LogP contribution < -0.4 is 14.8 Å². The second-order valence-corrected chi connectivity index (χ2v) is 4.43. The molecule has 0 saturated heterocycles. The molecule has 0 bridgehead atoms.